The van der Waals surface area contributed by atoms with Gasteiger partial charge in [0.15, 0.2) is 0 Å². The summed E-state index contributed by atoms with van der Waals surface area (Å²) < 4.78 is 16.0. The minimum Gasteiger partial charge on any atom is -0.497 e. The number of hydrazine groups is 1. The van der Waals surface area contributed by atoms with Crippen LogP contribution in [0.2, 0.25) is 0 Å². The SMILES string of the molecule is COc1ccc(C2=NN(c3ccccc3)C(CN(NC(=O)OC(C)C)C(=O)OC(C)C)C2(C)C)cc1. The first-order valence-corrected chi connectivity index (χ1v) is 12.1. The Morgan fingerprint density at radius 3 is 2.17 bits per heavy atom. The van der Waals surface area contributed by atoms with E-state index < -0.39 is 17.6 Å². The Balaban J connectivity index is 1.99. The molecule has 0 fully saturated rings. The molecule has 0 bridgehead atoms. The molecule has 1 N–H and O–H groups in total. The van der Waals surface area contributed by atoms with Gasteiger partial charge in [-0.25, -0.2) is 20.0 Å². The van der Waals surface area contributed by atoms with Gasteiger partial charge in [-0.2, -0.15) is 5.10 Å². The minimum atomic E-state index is -0.732. The smallest absolute Gasteiger partial charge is 0.429 e. The second-order valence-electron chi connectivity index (χ2n) is 9.70. The predicted molar refractivity (Wildman–Crippen MR) is 139 cm³/mol. The van der Waals surface area contributed by atoms with Gasteiger partial charge >= 0.3 is 12.2 Å². The molecule has 36 heavy (non-hydrogen) atoms. The summed E-state index contributed by atoms with van der Waals surface area (Å²) in [5.41, 5.74) is 4.69. The lowest BCUT2D eigenvalue weighted by Crippen LogP contribution is -2.56. The van der Waals surface area contributed by atoms with Gasteiger partial charge in [0.05, 0.1) is 43.3 Å². The van der Waals surface area contributed by atoms with Crippen LogP contribution in [-0.2, 0) is 9.47 Å². The maximum Gasteiger partial charge on any atom is 0.429 e. The zero-order valence-corrected chi connectivity index (χ0v) is 22.0. The van der Waals surface area contributed by atoms with Gasteiger partial charge in [0, 0.05) is 5.41 Å². The van der Waals surface area contributed by atoms with Crippen LogP contribution in [0.5, 0.6) is 5.75 Å². The Hall–Kier alpha value is -3.75. The number of nitrogens with one attached hydrogen (secondary N) is 1. The van der Waals surface area contributed by atoms with Crippen LogP contribution in [0.4, 0.5) is 15.3 Å². The van der Waals surface area contributed by atoms with E-state index in [4.69, 9.17) is 19.3 Å². The van der Waals surface area contributed by atoms with Crippen molar-refractivity contribution in [3.05, 3.63) is 60.2 Å². The second kappa shape index (κ2) is 11.3. The van der Waals surface area contributed by atoms with Crippen molar-refractivity contribution in [3.8, 4) is 5.75 Å². The summed E-state index contributed by atoms with van der Waals surface area (Å²) in [6.07, 6.45) is -2.12. The summed E-state index contributed by atoms with van der Waals surface area (Å²) in [4.78, 5) is 25.5. The largest absolute Gasteiger partial charge is 0.497 e. The Labute approximate surface area is 213 Å². The van der Waals surface area contributed by atoms with Crippen molar-refractivity contribution in [1.29, 1.82) is 0 Å². The van der Waals surface area contributed by atoms with Crippen molar-refractivity contribution < 1.29 is 23.8 Å². The van der Waals surface area contributed by atoms with E-state index in [1.54, 1.807) is 34.8 Å². The highest BCUT2D eigenvalue weighted by atomic mass is 16.6. The van der Waals surface area contributed by atoms with Crippen molar-refractivity contribution in [2.45, 2.75) is 59.8 Å². The zero-order chi connectivity index (χ0) is 26.5. The first kappa shape index (κ1) is 26.8. The van der Waals surface area contributed by atoms with Gasteiger partial charge in [-0.05, 0) is 69.7 Å². The summed E-state index contributed by atoms with van der Waals surface area (Å²) in [5.74, 6) is 0.752. The summed E-state index contributed by atoms with van der Waals surface area (Å²) in [7, 11) is 1.63. The van der Waals surface area contributed by atoms with E-state index in [-0.39, 0.29) is 24.8 Å². The highest BCUT2D eigenvalue weighted by Gasteiger charge is 2.47. The van der Waals surface area contributed by atoms with Crippen LogP contribution in [0.15, 0.2) is 59.7 Å². The monoisotopic (exact) mass is 496 g/mol. The lowest BCUT2D eigenvalue weighted by Gasteiger charge is -2.36. The number of nitrogens with zero attached hydrogens (tertiary/aromatic N) is 3. The number of para-hydroxylation sites is 1. The van der Waals surface area contributed by atoms with Crippen LogP contribution < -0.4 is 15.2 Å². The molecule has 0 spiro atoms. The number of hydrazone groups is 1. The molecule has 1 atom stereocenters. The van der Waals surface area contributed by atoms with Gasteiger partial charge in [0.2, 0.25) is 0 Å². The van der Waals surface area contributed by atoms with Gasteiger partial charge in [0.1, 0.15) is 5.75 Å². The van der Waals surface area contributed by atoms with Crippen molar-refractivity contribution in [1.82, 2.24) is 10.4 Å². The van der Waals surface area contributed by atoms with Crippen molar-refractivity contribution in [3.63, 3.8) is 0 Å². The molecule has 9 nitrogen and oxygen atoms in total. The fourth-order valence-electron chi connectivity index (χ4n) is 4.03. The number of anilines is 1. The molecule has 1 heterocycles. The molecular weight excluding hydrogens is 460 g/mol. The highest BCUT2D eigenvalue weighted by molar-refractivity contribution is 6.07. The lowest BCUT2D eigenvalue weighted by molar-refractivity contribution is 0.0425. The first-order valence-electron chi connectivity index (χ1n) is 12.1. The molecule has 1 aliphatic rings. The van der Waals surface area contributed by atoms with Gasteiger partial charge in [0.25, 0.3) is 0 Å². The van der Waals surface area contributed by atoms with Crippen LogP contribution >= 0.6 is 0 Å². The topological polar surface area (TPSA) is 92.7 Å². The lowest BCUT2D eigenvalue weighted by atomic mass is 9.77. The highest BCUT2D eigenvalue weighted by Crippen LogP contribution is 2.40. The van der Waals surface area contributed by atoms with Gasteiger partial charge in [-0.1, -0.05) is 32.0 Å². The Kier molecular flexibility index (Phi) is 8.45. The number of methoxy groups -OCH3 is 1. The van der Waals surface area contributed by atoms with Crippen LogP contribution in [0.1, 0.15) is 47.1 Å². The molecule has 2 aromatic carbocycles. The fraction of sp³-hybridized carbons (Fsp3) is 0.444. The average Bonchev–Trinajstić information content (AvgIpc) is 3.08. The van der Waals surface area contributed by atoms with E-state index in [1.165, 1.54) is 5.01 Å². The molecule has 194 valence electrons. The fourth-order valence-corrected chi connectivity index (χ4v) is 4.03. The molecule has 0 saturated heterocycles. The van der Waals surface area contributed by atoms with Crippen LogP contribution in [0.25, 0.3) is 0 Å². The number of rotatable bonds is 7. The maximum atomic E-state index is 13.0. The maximum absolute atomic E-state index is 13.0. The number of carbonyl (C=O) groups excluding carboxylic acids is 2. The number of benzene rings is 2. The third-order valence-electron chi connectivity index (χ3n) is 5.81. The van der Waals surface area contributed by atoms with E-state index in [2.05, 4.69) is 19.3 Å². The summed E-state index contributed by atoms with van der Waals surface area (Å²) in [5, 5.41) is 8.07. The number of hydrogen-bond donors (Lipinski definition) is 1. The summed E-state index contributed by atoms with van der Waals surface area (Å²) >= 11 is 0. The summed E-state index contributed by atoms with van der Waals surface area (Å²) in [6.45, 7) is 11.2. The number of hydrogen-bond acceptors (Lipinski definition) is 7. The van der Waals surface area contributed by atoms with E-state index >= 15 is 0 Å². The predicted octanol–water partition coefficient (Wildman–Crippen LogP) is 5.21. The van der Waals surface area contributed by atoms with E-state index in [0.29, 0.717) is 0 Å². The quantitative estimate of drug-likeness (QED) is 0.529. The standard InChI is InChI=1S/C27H36N4O5/c1-18(2)35-25(32)29-30(26(33)36-19(3)4)17-23-27(5,6)24(20-13-15-22(34-7)16-14-20)28-31(23)21-11-9-8-10-12-21/h8-16,18-19,23H,17H2,1-7H3,(H,29,32). The van der Waals surface area contributed by atoms with Gasteiger partial charge in [-0.3, -0.25) is 5.01 Å². The van der Waals surface area contributed by atoms with Gasteiger partial charge < -0.3 is 14.2 Å². The molecule has 2 amide bonds. The molecule has 1 unspecified atom stereocenters. The van der Waals surface area contributed by atoms with E-state index in [0.717, 1.165) is 22.7 Å². The summed E-state index contributed by atoms with van der Waals surface area (Å²) in [6, 6.07) is 17.1. The van der Waals surface area contributed by atoms with Crippen molar-refractivity contribution >= 4 is 23.6 Å². The van der Waals surface area contributed by atoms with Crippen molar-refractivity contribution in [2.24, 2.45) is 10.5 Å². The molecule has 0 aliphatic carbocycles. The van der Waals surface area contributed by atoms with Crippen LogP contribution in [0, 0.1) is 5.41 Å². The number of carbonyl (C=O) groups is 2. The molecular formula is C27H36N4O5. The number of amides is 2. The van der Waals surface area contributed by atoms with Crippen LogP contribution in [0.3, 0.4) is 0 Å². The zero-order valence-electron chi connectivity index (χ0n) is 22.0. The Bertz CT molecular complexity index is 1070. The molecule has 2 aromatic rings. The Morgan fingerprint density at radius 1 is 1.00 bits per heavy atom. The average molecular weight is 497 g/mol. The van der Waals surface area contributed by atoms with Crippen LogP contribution in [-0.4, -0.2) is 54.8 Å². The molecule has 0 radical (unpaired) electrons. The third-order valence-corrected chi connectivity index (χ3v) is 5.81. The van der Waals surface area contributed by atoms with Crippen molar-refractivity contribution in [2.75, 3.05) is 18.7 Å². The third kappa shape index (κ3) is 6.27. The van der Waals surface area contributed by atoms with E-state index in [9.17, 15) is 9.59 Å². The minimum absolute atomic E-state index is 0.101. The molecule has 3 rings (SSSR count). The molecule has 1 aliphatic heterocycles. The first-order chi connectivity index (χ1) is 17.0. The van der Waals surface area contributed by atoms with Gasteiger partial charge in [-0.15, -0.1) is 0 Å². The molecule has 0 saturated carbocycles. The number of ether oxygens (including phenoxy) is 3. The second-order valence-corrected chi connectivity index (χ2v) is 9.70. The molecule has 9 heteroatoms. The van der Waals surface area contributed by atoms with E-state index in [1.807, 2.05) is 59.6 Å². The Morgan fingerprint density at radius 2 is 1.61 bits per heavy atom. The normalized spacial score (nSPS) is 16.5. The molecule has 0 aromatic heterocycles.